The predicted octanol–water partition coefficient (Wildman–Crippen LogP) is 4.05. The number of aliphatic hydroxyl groups excluding tert-OH is 1. The van der Waals surface area contributed by atoms with E-state index in [0.717, 1.165) is 32.2 Å². The van der Waals surface area contributed by atoms with Crippen LogP contribution in [-0.2, 0) is 4.79 Å². The van der Waals surface area contributed by atoms with Gasteiger partial charge in [0.2, 0.25) is 5.91 Å². The maximum atomic E-state index is 12.8. The summed E-state index contributed by atoms with van der Waals surface area (Å²) in [5, 5.41) is 10.2. The van der Waals surface area contributed by atoms with E-state index in [4.69, 9.17) is 0 Å². The van der Waals surface area contributed by atoms with Crippen LogP contribution in [0.4, 0.5) is 0 Å². The number of fused-ring (bicyclic) bond motifs is 5. The Labute approximate surface area is 168 Å². The smallest absolute Gasteiger partial charge is 0.225 e. The van der Waals surface area contributed by atoms with Gasteiger partial charge in [-0.15, -0.1) is 0 Å². The number of hydrogen-bond donors (Lipinski definition) is 1. The number of hydrogen-bond acceptors (Lipinski definition) is 3. The van der Waals surface area contributed by atoms with E-state index >= 15 is 0 Å². The van der Waals surface area contributed by atoms with Crippen LogP contribution in [0.2, 0.25) is 0 Å². The molecule has 0 bridgehead atoms. The van der Waals surface area contributed by atoms with E-state index in [1.165, 1.54) is 24.0 Å². The molecular formula is C24H32N2O2. The van der Waals surface area contributed by atoms with Crippen LogP contribution >= 0.6 is 0 Å². The van der Waals surface area contributed by atoms with Crippen molar-refractivity contribution in [3.05, 3.63) is 36.2 Å². The Morgan fingerprint density at radius 1 is 1.18 bits per heavy atom. The highest BCUT2D eigenvalue weighted by molar-refractivity contribution is 5.78. The minimum atomic E-state index is -0.465. The lowest BCUT2D eigenvalue weighted by atomic mass is 9.52. The number of nitrogens with zero attached hydrogens (tertiary/aromatic N) is 2. The molecule has 1 aromatic rings. The largest absolute Gasteiger partial charge is 0.393 e. The molecule has 1 saturated carbocycles. The first-order chi connectivity index (χ1) is 13.4. The zero-order valence-corrected chi connectivity index (χ0v) is 17.1. The van der Waals surface area contributed by atoms with Crippen molar-refractivity contribution in [2.75, 3.05) is 6.54 Å². The van der Waals surface area contributed by atoms with Crippen LogP contribution in [0.1, 0.15) is 64.4 Å². The minimum Gasteiger partial charge on any atom is -0.393 e. The van der Waals surface area contributed by atoms with Gasteiger partial charge in [0.25, 0.3) is 0 Å². The summed E-state index contributed by atoms with van der Waals surface area (Å²) in [6, 6.07) is 4.24. The summed E-state index contributed by atoms with van der Waals surface area (Å²) < 4.78 is 0. The van der Waals surface area contributed by atoms with E-state index in [0.29, 0.717) is 24.2 Å². The molecule has 0 aromatic carbocycles. The van der Waals surface area contributed by atoms with Crippen LogP contribution in [0.15, 0.2) is 30.6 Å². The number of rotatable bonds is 1. The number of amides is 1. The van der Waals surface area contributed by atoms with E-state index in [-0.39, 0.29) is 16.9 Å². The third-order valence-electron chi connectivity index (χ3n) is 8.79. The van der Waals surface area contributed by atoms with Crippen molar-refractivity contribution in [2.45, 2.75) is 70.4 Å². The quantitative estimate of drug-likeness (QED) is 0.800. The minimum absolute atomic E-state index is 0.0874. The number of carbonyl (C=O) groups excluding carboxylic acids is 1. The molecule has 2 aliphatic carbocycles. The lowest BCUT2D eigenvalue weighted by Gasteiger charge is -2.59. The molecule has 28 heavy (non-hydrogen) atoms. The van der Waals surface area contributed by atoms with Gasteiger partial charge < -0.3 is 10.0 Å². The van der Waals surface area contributed by atoms with Gasteiger partial charge in [-0.2, -0.15) is 0 Å². The highest BCUT2D eigenvalue weighted by Crippen LogP contribution is 2.63. The number of aliphatic hydroxyl groups is 1. The summed E-state index contributed by atoms with van der Waals surface area (Å²) in [4.78, 5) is 19.3. The molecule has 5 rings (SSSR count). The van der Waals surface area contributed by atoms with Crippen LogP contribution < -0.4 is 0 Å². The number of allylic oxidation sites excluding steroid dienone is 2. The topological polar surface area (TPSA) is 53.4 Å². The zero-order chi connectivity index (χ0) is 19.5. The van der Waals surface area contributed by atoms with Crippen molar-refractivity contribution in [3.63, 3.8) is 0 Å². The summed E-state index contributed by atoms with van der Waals surface area (Å²) in [6.07, 6.45) is 12.5. The Morgan fingerprint density at radius 2 is 2.04 bits per heavy atom. The van der Waals surface area contributed by atoms with E-state index < -0.39 is 6.10 Å². The molecule has 4 aliphatic rings. The number of piperidine rings is 1. The molecule has 2 saturated heterocycles. The van der Waals surface area contributed by atoms with Crippen LogP contribution in [0.3, 0.4) is 0 Å². The van der Waals surface area contributed by atoms with Gasteiger partial charge in [0, 0.05) is 24.5 Å². The fourth-order valence-electron chi connectivity index (χ4n) is 7.34. The Morgan fingerprint density at radius 3 is 2.82 bits per heavy atom. The molecule has 3 fully saturated rings. The Balaban J connectivity index is 1.46. The SMILES string of the molecule is C[C@]12CCC3C(CCN4C(=O)CC(O)CC[C@]34C)C1CC=C2c1cccnc1. The summed E-state index contributed by atoms with van der Waals surface area (Å²) in [5.41, 5.74) is 2.90. The Kier molecular flexibility index (Phi) is 4.20. The van der Waals surface area contributed by atoms with Gasteiger partial charge in [0.05, 0.1) is 12.5 Å². The average molecular weight is 381 g/mol. The second kappa shape index (κ2) is 6.41. The van der Waals surface area contributed by atoms with E-state index in [2.05, 4.69) is 35.9 Å². The van der Waals surface area contributed by atoms with Gasteiger partial charge in [-0.1, -0.05) is 19.1 Å². The predicted molar refractivity (Wildman–Crippen MR) is 109 cm³/mol. The summed E-state index contributed by atoms with van der Waals surface area (Å²) in [6.45, 7) is 5.64. The molecule has 4 heteroatoms. The highest BCUT2D eigenvalue weighted by atomic mass is 16.3. The van der Waals surface area contributed by atoms with Crippen LogP contribution in [0.5, 0.6) is 0 Å². The van der Waals surface area contributed by atoms with Gasteiger partial charge in [-0.05, 0) is 85.8 Å². The van der Waals surface area contributed by atoms with Gasteiger partial charge >= 0.3 is 0 Å². The highest BCUT2D eigenvalue weighted by Gasteiger charge is 2.58. The molecule has 1 amide bonds. The molecule has 3 heterocycles. The second-order valence-corrected chi connectivity index (χ2v) is 10.0. The monoisotopic (exact) mass is 380 g/mol. The van der Waals surface area contributed by atoms with Crippen molar-refractivity contribution in [3.8, 4) is 0 Å². The van der Waals surface area contributed by atoms with Crippen LogP contribution in [0, 0.1) is 23.2 Å². The fraction of sp³-hybridized carbons (Fsp3) is 0.667. The maximum absolute atomic E-state index is 12.8. The van der Waals surface area contributed by atoms with Crippen molar-refractivity contribution in [1.29, 1.82) is 0 Å². The molecule has 6 atom stereocenters. The summed E-state index contributed by atoms with van der Waals surface area (Å²) >= 11 is 0. The number of aromatic nitrogens is 1. The molecule has 2 aliphatic heterocycles. The standard InChI is InChI=1S/C24H32N2O2/c1-23-10-8-21-18(20(23)6-5-19(23)16-4-3-12-25-15-16)9-13-26-22(28)14-17(27)7-11-24(21,26)2/h3-5,12,15,17-18,20-21,27H,6-11,13-14H2,1-2H3/t17?,18?,20?,21?,23-,24-/m1/s1. The first kappa shape index (κ1) is 18.4. The summed E-state index contributed by atoms with van der Waals surface area (Å²) in [5.74, 6) is 2.03. The summed E-state index contributed by atoms with van der Waals surface area (Å²) in [7, 11) is 0. The first-order valence-corrected chi connectivity index (χ1v) is 11.0. The van der Waals surface area contributed by atoms with Crippen molar-refractivity contribution in [2.24, 2.45) is 23.2 Å². The van der Waals surface area contributed by atoms with E-state index in [1.54, 1.807) is 0 Å². The van der Waals surface area contributed by atoms with Crippen LogP contribution in [-0.4, -0.2) is 39.1 Å². The normalized spacial score (nSPS) is 42.9. The Hall–Kier alpha value is -1.68. The molecule has 4 unspecified atom stereocenters. The maximum Gasteiger partial charge on any atom is 0.225 e. The third kappa shape index (κ3) is 2.53. The number of carbonyl (C=O) groups is 1. The number of pyridine rings is 1. The molecule has 1 N–H and O–H groups in total. The van der Waals surface area contributed by atoms with Gasteiger partial charge in [-0.25, -0.2) is 0 Å². The molecular weight excluding hydrogens is 348 g/mol. The second-order valence-electron chi connectivity index (χ2n) is 10.0. The molecule has 4 nitrogen and oxygen atoms in total. The molecule has 0 radical (unpaired) electrons. The van der Waals surface area contributed by atoms with Crippen molar-refractivity contribution < 1.29 is 9.90 Å². The first-order valence-electron chi connectivity index (χ1n) is 11.0. The molecule has 0 spiro atoms. The van der Waals surface area contributed by atoms with Crippen LogP contribution in [0.25, 0.3) is 5.57 Å². The lowest BCUT2D eigenvalue weighted by molar-refractivity contribution is -0.150. The van der Waals surface area contributed by atoms with Crippen molar-refractivity contribution >= 4 is 11.5 Å². The third-order valence-corrected chi connectivity index (χ3v) is 8.79. The fourth-order valence-corrected chi connectivity index (χ4v) is 7.34. The van der Waals surface area contributed by atoms with E-state index in [9.17, 15) is 9.90 Å². The molecule has 150 valence electrons. The molecule has 1 aromatic heterocycles. The van der Waals surface area contributed by atoms with Crippen molar-refractivity contribution in [1.82, 2.24) is 9.88 Å². The Bertz CT molecular complexity index is 806. The van der Waals surface area contributed by atoms with E-state index in [1.807, 2.05) is 18.5 Å². The average Bonchev–Trinajstić information content (AvgIpc) is 2.99. The van der Waals surface area contributed by atoms with Gasteiger partial charge in [0.1, 0.15) is 0 Å². The van der Waals surface area contributed by atoms with Gasteiger partial charge in [-0.3, -0.25) is 9.78 Å². The lowest BCUT2D eigenvalue weighted by Crippen LogP contribution is -2.62. The van der Waals surface area contributed by atoms with Gasteiger partial charge in [0.15, 0.2) is 0 Å². The zero-order valence-electron chi connectivity index (χ0n) is 17.1.